The van der Waals surface area contributed by atoms with Crippen LogP contribution < -0.4 is 9.88 Å². The van der Waals surface area contributed by atoms with Gasteiger partial charge in [0.2, 0.25) is 5.78 Å². The van der Waals surface area contributed by atoms with Gasteiger partial charge in [0.25, 0.3) is 11.7 Å². The Morgan fingerprint density at radius 2 is 2.08 bits per heavy atom. The lowest BCUT2D eigenvalue weighted by Gasteiger charge is -2.14. The van der Waals surface area contributed by atoms with E-state index in [2.05, 4.69) is 11.9 Å². The summed E-state index contributed by atoms with van der Waals surface area (Å²) in [4.78, 5) is 24.0. The number of rotatable bonds is 7. The van der Waals surface area contributed by atoms with E-state index in [1.165, 1.54) is 6.07 Å². The van der Waals surface area contributed by atoms with Gasteiger partial charge in [0, 0.05) is 35.9 Å². The topological polar surface area (TPSA) is 76.1 Å². The van der Waals surface area contributed by atoms with Gasteiger partial charge in [-0.15, -0.1) is 6.58 Å². The van der Waals surface area contributed by atoms with Gasteiger partial charge in [-0.2, -0.15) is 4.57 Å². The number of benzene rings is 1. The van der Waals surface area contributed by atoms with Crippen molar-refractivity contribution >= 4 is 28.7 Å². The first-order valence-electron chi connectivity index (χ1n) is 7.59. The largest absolute Gasteiger partial charge is 0.370 e. The number of thiocarbonyl (C=S) groups is 1. The summed E-state index contributed by atoms with van der Waals surface area (Å²) >= 11 is 5.37. The third-order valence-electron chi connectivity index (χ3n) is 3.64. The Hall–Kier alpha value is -2.93. The maximum absolute atomic E-state index is 13.0. The average Bonchev–Trinajstić information content (AvgIpc) is 2.61. The van der Waals surface area contributed by atoms with Gasteiger partial charge in [-0.3, -0.25) is 14.9 Å². The lowest BCUT2D eigenvalue weighted by atomic mass is 10.0. The molecule has 0 unspecified atom stereocenters. The number of Topliss-reactive ketones (excluding diaryl/α,β-unsaturated/α-hetero) is 1. The van der Waals surface area contributed by atoms with E-state index in [1.807, 2.05) is 6.07 Å². The standard InChI is InChI=1S/C18H17N3O3S/c1-3-9-19-18(25)16(20-10-5-4-6-11-20)17(22)14-8-7-13(2)15(12-14)21(23)24/h3-8,10-12,16H,1,9H2,2H3/p+1/t16-/m1/s1. The maximum Gasteiger partial charge on any atom is 0.273 e. The second-order valence-corrected chi connectivity index (χ2v) is 5.82. The molecule has 128 valence electrons. The maximum atomic E-state index is 13.0. The zero-order valence-corrected chi connectivity index (χ0v) is 14.5. The van der Waals surface area contributed by atoms with Crippen molar-refractivity contribution in [3.63, 3.8) is 0 Å². The fourth-order valence-electron chi connectivity index (χ4n) is 2.36. The number of pyridine rings is 1. The Labute approximate surface area is 151 Å². The van der Waals surface area contributed by atoms with Gasteiger partial charge >= 0.3 is 0 Å². The number of carbonyl (C=O) groups excluding carboxylic acids is 1. The Morgan fingerprint density at radius 1 is 1.40 bits per heavy atom. The zero-order valence-electron chi connectivity index (χ0n) is 13.7. The highest BCUT2D eigenvalue weighted by Gasteiger charge is 2.33. The molecule has 0 aliphatic heterocycles. The molecule has 0 radical (unpaired) electrons. The molecule has 0 saturated heterocycles. The molecule has 25 heavy (non-hydrogen) atoms. The molecule has 0 spiro atoms. The lowest BCUT2D eigenvalue weighted by Crippen LogP contribution is -2.51. The van der Waals surface area contributed by atoms with Crippen LogP contribution in [0, 0.1) is 17.0 Å². The van der Waals surface area contributed by atoms with Crippen molar-refractivity contribution in [1.82, 2.24) is 5.32 Å². The van der Waals surface area contributed by atoms with Crippen LogP contribution in [0.4, 0.5) is 5.69 Å². The summed E-state index contributed by atoms with van der Waals surface area (Å²) in [6.07, 6.45) is 5.10. The molecule has 1 aromatic carbocycles. The van der Waals surface area contributed by atoms with Crippen LogP contribution in [-0.4, -0.2) is 22.2 Å². The van der Waals surface area contributed by atoms with Gasteiger partial charge < -0.3 is 5.32 Å². The Bertz CT molecular complexity index is 822. The van der Waals surface area contributed by atoms with Gasteiger partial charge in [-0.1, -0.05) is 36.5 Å². The monoisotopic (exact) mass is 356 g/mol. The summed E-state index contributed by atoms with van der Waals surface area (Å²) in [5, 5.41) is 14.1. The summed E-state index contributed by atoms with van der Waals surface area (Å²) in [7, 11) is 0. The molecule has 1 heterocycles. The number of carbonyl (C=O) groups is 1. The number of hydrogen-bond acceptors (Lipinski definition) is 4. The third kappa shape index (κ3) is 4.33. The second kappa shape index (κ2) is 8.25. The molecule has 0 fully saturated rings. The third-order valence-corrected chi connectivity index (χ3v) is 4.01. The predicted octanol–water partition coefficient (Wildman–Crippen LogP) is 2.72. The number of nitro benzene ring substituents is 1. The molecular formula is C18H18N3O3S+. The Kier molecular flexibility index (Phi) is 6.08. The fraction of sp³-hybridized carbons (Fsp3) is 0.167. The van der Waals surface area contributed by atoms with Crippen LogP contribution in [0.5, 0.6) is 0 Å². The van der Waals surface area contributed by atoms with E-state index in [0.29, 0.717) is 17.1 Å². The van der Waals surface area contributed by atoms with Crippen molar-refractivity contribution in [3.8, 4) is 0 Å². The molecule has 0 amide bonds. The highest BCUT2D eigenvalue weighted by Crippen LogP contribution is 2.21. The highest BCUT2D eigenvalue weighted by molar-refractivity contribution is 7.80. The summed E-state index contributed by atoms with van der Waals surface area (Å²) in [6, 6.07) is 9.05. The number of aromatic nitrogens is 1. The first-order chi connectivity index (χ1) is 12.0. The van der Waals surface area contributed by atoms with Crippen molar-refractivity contribution in [3.05, 3.63) is 82.7 Å². The molecule has 6 nitrogen and oxygen atoms in total. The van der Waals surface area contributed by atoms with Gasteiger partial charge in [0.1, 0.15) is 0 Å². The number of ketones is 1. The number of nitrogens with one attached hydrogen (secondary N) is 1. The first kappa shape index (κ1) is 18.4. The van der Waals surface area contributed by atoms with Crippen molar-refractivity contribution in [2.45, 2.75) is 13.0 Å². The molecule has 1 aromatic heterocycles. The molecule has 0 aliphatic rings. The van der Waals surface area contributed by atoms with E-state index in [9.17, 15) is 14.9 Å². The van der Waals surface area contributed by atoms with Crippen molar-refractivity contribution in [2.24, 2.45) is 0 Å². The van der Waals surface area contributed by atoms with E-state index in [0.717, 1.165) is 0 Å². The molecule has 2 aromatic rings. The van der Waals surface area contributed by atoms with Crippen molar-refractivity contribution < 1.29 is 14.3 Å². The van der Waals surface area contributed by atoms with Gasteiger partial charge in [0.05, 0.1) is 4.92 Å². The van der Waals surface area contributed by atoms with E-state index >= 15 is 0 Å². The molecule has 7 heteroatoms. The van der Waals surface area contributed by atoms with Crippen molar-refractivity contribution in [2.75, 3.05) is 6.54 Å². The van der Waals surface area contributed by atoms with Crippen LogP contribution in [0.25, 0.3) is 0 Å². The fourth-order valence-corrected chi connectivity index (χ4v) is 2.67. The van der Waals surface area contributed by atoms with Gasteiger partial charge in [0.15, 0.2) is 17.4 Å². The zero-order chi connectivity index (χ0) is 18.4. The number of aryl methyl sites for hydroxylation is 1. The minimum Gasteiger partial charge on any atom is -0.370 e. The quantitative estimate of drug-likeness (QED) is 0.206. The number of nitro groups is 1. The van der Waals surface area contributed by atoms with Crippen LogP contribution in [-0.2, 0) is 0 Å². The summed E-state index contributed by atoms with van der Waals surface area (Å²) in [5.74, 6) is -0.319. The molecule has 1 N–H and O–H groups in total. The second-order valence-electron chi connectivity index (χ2n) is 5.38. The first-order valence-corrected chi connectivity index (χ1v) is 8.00. The normalized spacial score (nSPS) is 11.4. The minimum absolute atomic E-state index is 0.0902. The lowest BCUT2D eigenvalue weighted by molar-refractivity contribution is -0.692. The number of nitrogens with zero attached hydrogens (tertiary/aromatic N) is 2. The Morgan fingerprint density at radius 3 is 2.68 bits per heavy atom. The van der Waals surface area contributed by atoms with Crippen LogP contribution in [0.3, 0.4) is 0 Å². The van der Waals surface area contributed by atoms with Crippen molar-refractivity contribution in [1.29, 1.82) is 0 Å². The Balaban J connectivity index is 2.45. The highest BCUT2D eigenvalue weighted by atomic mass is 32.1. The molecular weight excluding hydrogens is 338 g/mol. The number of hydrogen-bond donors (Lipinski definition) is 1. The smallest absolute Gasteiger partial charge is 0.273 e. The van der Waals surface area contributed by atoms with Gasteiger partial charge in [-0.05, 0) is 6.92 Å². The summed E-state index contributed by atoms with van der Waals surface area (Å²) in [5.41, 5.74) is 0.645. The van der Waals surface area contributed by atoms with E-state index in [4.69, 9.17) is 12.2 Å². The average molecular weight is 356 g/mol. The minimum atomic E-state index is -0.793. The van der Waals surface area contributed by atoms with Crippen LogP contribution in [0.15, 0.2) is 61.4 Å². The van der Waals surface area contributed by atoms with Crippen LogP contribution in [0.2, 0.25) is 0 Å². The van der Waals surface area contributed by atoms with E-state index in [1.54, 1.807) is 54.2 Å². The molecule has 0 saturated carbocycles. The summed E-state index contributed by atoms with van der Waals surface area (Å²) < 4.78 is 1.67. The van der Waals surface area contributed by atoms with Gasteiger partial charge in [-0.25, -0.2) is 0 Å². The molecule has 1 atom stereocenters. The summed E-state index contributed by atoms with van der Waals surface area (Å²) in [6.45, 7) is 5.67. The molecule has 2 rings (SSSR count). The van der Waals surface area contributed by atoms with E-state index < -0.39 is 11.0 Å². The SMILES string of the molecule is C=CCNC(=S)[C@@H](C(=O)c1ccc(C)c([N+](=O)[O-])c1)[n+]1ccccc1. The molecule has 0 bridgehead atoms. The molecule has 0 aliphatic carbocycles. The predicted molar refractivity (Wildman–Crippen MR) is 98.6 cm³/mol. The van der Waals surface area contributed by atoms with Crippen LogP contribution in [0.1, 0.15) is 22.0 Å². The van der Waals surface area contributed by atoms with Crippen LogP contribution >= 0.6 is 12.2 Å². The van der Waals surface area contributed by atoms with E-state index in [-0.39, 0.29) is 17.0 Å².